The molecule has 0 atom stereocenters. The highest BCUT2D eigenvalue weighted by atomic mass is 35.5. The van der Waals surface area contributed by atoms with Crippen molar-refractivity contribution >= 4 is 17.5 Å². The fourth-order valence-corrected chi connectivity index (χ4v) is 3.98. The molecule has 3 aromatic rings. The number of hydrogen-bond donors (Lipinski definition) is 1. The van der Waals surface area contributed by atoms with Gasteiger partial charge in [0.25, 0.3) is 5.91 Å². The van der Waals surface area contributed by atoms with E-state index in [-0.39, 0.29) is 12.7 Å². The first-order valence-electron chi connectivity index (χ1n) is 9.88. The van der Waals surface area contributed by atoms with Gasteiger partial charge in [0.2, 0.25) is 6.79 Å². The summed E-state index contributed by atoms with van der Waals surface area (Å²) >= 11 is 6.27. The molecule has 7 nitrogen and oxygen atoms in total. The number of rotatable bonds is 4. The zero-order valence-electron chi connectivity index (χ0n) is 16.3. The Kier molecular flexibility index (Phi) is 5.06. The van der Waals surface area contributed by atoms with Gasteiger partial charge in [0, 0.05) is 43.3 Å². The minimum absolute atomic E-state index is 0.0353. The quantitative estimate of drug-likeness (QED) is 0.695. The zero-order chi connectivity index (χ0) is 20.5. The van der Waals surface area contributed by atoms with Crippen LogP contribution in [-0.2, 0) is 6.54 Å². The lowest BCUT2D eigenvalue weighted by molar-refractivity contribution is 0.0622. The van der Waals surface area contributed by atoms with Crippen molar-refractivity contribution in [1.29, 1.82) is 0 Å². The topological polar surface area (TPSA) is 70.7 Å². The Bertz CT molecular complexity index is 1080. The maximum absolute atomic E-state index is 12.9. The fraction of sp³-hybridized carbons (Fsp3) is 0.273. The summed E-state index contributed by atoms with van der Waals surface area (Å²) in [5.74, 6) is 1.38. The minimum atomic E-state index is -0.0353. The van der Waals surface area contributed by atoms with E-state index in [9.17, 15) is 4.79 Å². The predicted octanol–water partition coefficient (Wildman–Crippen LogP) is 3.42. The van der Waals surface area contributed by atoms with Crippen molar-refractivity contribution in [3.8, 4) is 22.8 Å². The number of aromatic amines is 1. The maximum atomic E-state index is 12.9. The molecule has 30 heavy (non-hydrogen) atoms. The summed E-state index contributed by atoms with van der Waals surface area (Å²) in [6.45, 7) is 3.97. The molecule has 0 aliphatic carbocycles. The highest BCUT2D eigenvalue weighted by molar-refractivity contribution is 6.31. The average molecular weight is 425 g/mol. The van der Waals surface area contributed by atoms with Gasteiger partial charge in [-0.1, -0.05) is 29.8 Å². The van der Waals surface area contributed by atoms with Crippen LogP contribution in [0.3, 0.4) is 0 Å². The Morgan fingerprint density at radius 1 is 1.03 bits per heavy atom. The van der Waals surface area contributed by atoms with Crippen LogP contribution in [0.25, 0.3) is 11.3 Å². The predicted molar refractivity (Wildman–Crippen MR) is 113 cm³/mol. The van der Waals surface area contributed by atoms with Crippen molar-refractivity contribution in [2.45, 2.75) is 6.54 Å². The number of nitrogens with one attached hydrogen (secondary N) is 1. The summed E-state index contributed by atoms with van der Waals surface area (Å²) in [5, 5.41) is 7.98. The Labute approximate surface area is 179 Å². The minimum Gasteiger partial charge on any atom is -0.454 e. The van der Waals surface area contributed by atoms with Gasteiger partial charge in [0.15, 0.2) is 11.5 Å². The molecular weight excluding hydrogens is 404 g/mol. The number of benzene rings is 2. The Morgan fingerprint density at radius 3 is 2.67 bits per heavy atom. The molecule has 154 valence electrons. The van der Waals surface area contributed by atoms with Crippen molar-refractivity contribution in [3.05, 3.63) is 64.8 Å². The molecule has 2 aromatic carbocycles. The zero-order valence-corrected chi connectivity index (χ0v) is 17.1. The molecule has 0 unspecified atom stereocenters. The number of ether oxygens (including phenoxy) is 2. The van der Waals surface area contributed by atoms with Gasteiger partial charge in [-0.05, 0) is 35.9 Å². The second-order valence-corrected chi connectivity index (χ2v) is 7.80. The van der Waals surface area contributed by atoms with Gasteiger partial charge < -0.3 is 14.4 Å². The maximum Gasteiger partial charge on any atom is 0.271 e. The number of amides is 1. The second kappa shape index (κ2) is 8.01. The Balaban J connectivity index is 1.22. The van der Waals surface area contributed by atoms with Crippen molar-refractivity contribution in [2.24, 2.45) is 0 Å². The van der Waals surface area contributed by atoms with E-state index in [1.165, 1.54) is 0 Å². The van der Waals surface area contributed by atoms with Crippen LogP contribution >= 0.6 is 11.6 Å². The fourth-order valence-electron chi connectivity index (χ4n) is 3.78. The van der Waals surface area contributed by atoms with Gasteiger partial charge >= 0.3 is 0 Å². The first-order chi connectivity index (χ1) is 14.7. The number of H-pyrrole nitrogens is 1. The lowest BCUT2D eigenvalue weighted by Gasteiger charge is -2.34. The molecule has 5 rings (SSSR count). The number of halogens is 1. The van der Waals surface area contributed by atoms with Gasteiger partial charge in [-0.25, -0.2) is 0 Å². The first-order valence-corrected chi connectivity index (χ1v) is 10.3. The molecule has 1 amide bonds. The molecular formula is C22H21ClN4O3. The van der Waals surface area contributed by atoms with Crippen LogP contribution in [0.5, 0.6) is 11.5 Å². The number of nitrogens with zero attached hydrogens (tertiary/aromatic N) is 3. The summed E-state index contributed by atoms with van der Waals surface area (Å²) in [5.41, 5.74) is 3.18. The van der Waals surface area contributed by atoms with Crippen molar-refractivity contribution < 1.29 is 14.3 Å². The number of carbonyl (C=O) groups is 1. The van der Waals surface area contributed by atoms with Gasteiger partial charge in [-0.2, -0.15) is 5.10 Å². The van der Waals surface area contributed by atoms with Crippen LogP contribution in [0, 0.1) is 0 Å². The van der Waals surface area contributed by atoms with E-state index in [2.05, 4.69) is 15.1 Å². The van der Waals surface area contributed by atoms with E-state index in [4.69, 9.17) is 21.1 Å². The van der Waals surface area contributed by atoms with Gasteiger partial charge in [-0.15, -0.1) is 0 Å². The Hall–Kier alpha value is -3.03. The van der Waals surface area contributed by atoms with E-state index in [1.807, 2.05) is 47.4 Å². The normalized spacial score (nSPS) is 16.1. The van der Waals surface area contributed by atoms with Crippen molar-refractivity contribution in [2.75, 3.05) is 33.0 Å². The average Bonchev–Trinajstić information content (AvgIpc) is 3.44. The third-order valence-electron chi connectivity index (χ3n) is 5.49. The lowest BCUT2D eigenvalue weighted by Crippen LogP contribution is -2.48. The van der Waals surface area contributed by atoms with Gasteiger partial charge in [-0.3, -0.25) is 14.8 Å². The highest BCUT2D eigenvalue weighted by Crippen LogP contribution is 2.35. The van der Waals surface area contributed by atoms with Crippen LogP contribution in [0.4, 0.5) is 0 Å². The van der Waals surface area contributed by atoms with E-state index >= 15 is 0 Å². The van der Waals surface area contributed by atoms with E-state index in [0.717, 1.165) is 41.5 Å². The number of hydrogen-bond acceptors (Lipinski definition) is 5. The van der Waals surface area contributed by atoms with Crippen LogP contribution < -0.4 is 9.47 Å². The summed E-state index contributed by atoms with van der Waals surface area (Å²) < 4.78 is 10.8. The van der Waals surface area contributed by atoms with E-state index in [1.54, 1.807) is 6.07 Å². The van der Waals surface area contributed by atoms with Crippen molar-refractivity contribution in [3.63, 3.8) is 0 Å². The first kappa shape index (κ1) is 19.0. The molecule has 8 heteroatoms. The monoisotopic (exact) mass is 424 g/mol. The van der Waals surface area contributed by atoms with Crippen molar-refractivity contribution in [1.82, 2.24) is 20.0 Å². The van der Waals surface area contributed by atoms with E-state index < -0.39 is 0 Å². The Morgan fingerprint density at radius 2 is 1.83 bits per heavy atom. The SMILES string of the molecule is O=C(c1cc(-c2ccc3c(c2)OCO3)n[nH]1)N1CCN(Cc2ccccc2Cl)CC1. The van der Waals surface area contributed by atoms with Crippen LogP contribution in [0.2, 0.25) is 5.02 Å². The summed E-state index contributed by atoms with van der Waals surface area (Å²) in [7, 11) is 0. The number of fused-ring (bicyclic) bond motifs is 1. The lowest BCUT2D eigenvalue weighted by atomic mass is 10.1. The molecule has 1 N–H and O–H groups in total. The molecule has 2 aliphatic rings. The molecule has 1 fully saturated rings. The molecule has 0 saturated carbocycles. The molecule has 1 aromatic heterocycles. The summed E-state index contributed by atoms with van der Waals surface area (Å²) in [6, 6.07) is 15.3. The summed E-state index contributed by atoms with van der Waals surface area (Å²) in [6.07, 6.45) is 0. The third-order valence-corrected chi connectivity index (χ3v) is 5.86. The van der Waals surface area contributed by atoms with Crippen LogP contribution in [0.15, 0.2) is 48.5 Å². The van der Waals surface area contributed by atoms with Crippen LogP contribution in [-0.4, -0.2) is 58.9 Å². The van der Waals surface area contributed by atoms with Gasteiger partial charge in [0.05, 0.1) is 5.69 Å². The highest BCUT2D eigenvalue weighted by Gasteiger charge is 2.24. The summed E-state index contributed by atoms with van der Waals surface area (Å²) in [4.78, 5) is 17.1. The molecule has 1 saturated heterocycles. The number of carbonyl (C=O) groups excluding carboxylic acids is 1. The molecule has 0 radical (unpaired) electrons. The molecule has 0 spiro atoms. The standard InChI is InChI=1S/C22H21ClN4O3/c23-17-4-2-1-3-16(17)13-26-7-9-27(10-8-26)22(28)19-12-18(24-25-19)15-5-6-20-21(11-15)30-14-29-20/h1-6,11-12H,7-10,13-14H2,(H,24,25). The molecule has 3 heterocycles. The largest absolute Gasteiger partial charge is 0.454 e. The second-order valence-electron chi connectivity index (χ2n) is 7.39. The van der Waals surface area contributed by atoms with E-state index in [0.29, 0.717) is 30.2 Å². The molecule has 2 aliphatic heterocycles. The number of piperazine rings is 1. The van der Waals surface area contributed by atoms with Crippen LogP contribution in [0.1, 0.15) is 16.1 Å². The number of aromatic nitrogens is 2. The molecule has 0 bridgehead atoms. The smallest absolute Gasteiger partial charge is 0.271 e. The third kappa shape index (κ3) is 3.74. The van der Waals surface area contributed by atoms with Gasteiger partial charge in [0.1, 0.15) is 5.69 Å².